The lowest BCUT2D eigenvalue weighted by molar-refractivity contribution is 0.177. The Balaban J connectivity index is 2.06. The van der Waals surface area contributed by atoms with E-state index in [1.54, 1.807) is 7.11 Å². The fourth-order valence-corrected chi connectivity index (χ4v) is 2.08. The molecule has 0 spiro atoms. The van der Waals surface area contributed by atoms with Crippen LogP contribution >= 0.6 is 0 Å². The number of methoxy groups -OCH3 is 1. The average molecular weight is 249 g/mol. The van der Waals surface area contributed by atoms with Crippen molar-refractivity contribution < 1.29 is 9.53 Å². The van der Waals surface area contributed by atoms with Crippen molar-refractivity contribution in [3.8, 4) is 5.75 Å². The molecule has 2 amide bonds. The Morgan fingerprint density at radius 3 is 3.00 bits per heavy atom. The molecule has 0 bridgehead atoms. The highest BCUT2D eigenvalue weighted by molar-refractivity contribution is 5.91. The summed E-state index contributed by atoms with van der Waals surface area (Å²) in [7, 11) is 1.60. The SMILES string of the molecule is COc1ccccc1NC(=O)N1CCNC[C@H]1C. The van der Waals surface area contributed by atoms with E-state index in [0.717, 1.165) is 19.6 Å². The maximum atomic E-state index is 12.2. The predicted octanol–water partition coefficient (Wildman–Crippen LogP) is 1.52. The highest BCUT2D eigenvalue weighted by Gasteiger charge is 2.23. The van der Waals surface area contributed by atoms with Gasteiger partial charge in [0.05, 0.1) is 12.8 Å². The van der Waals surface area contributed by atoms with E-state index in [2.05, 4.69) is 10.6 Å². The molecule has 1 fully saturated rings. The number of benzene rings is 1. The Morgan fingerprint density at radius 1 is 1.50 bits per heavy atom. The van der Waals surface area contributed by atoms with Gasteiger partial charge in [0, 0.05) is 25.7 Å². The average Bonchev–Trinajstić information content (AvgIpc) is 2.39. The molecule has 5 heteroatoms. The van der Waals surface area contributed by atoms with Gasteiger partial charge in [-0.15, -0.1) is 0 Å². The molecule has 98 valence electrons. The van der Waals surface area contributed by atoms with Gasteiger partial charge in [-0.2, -0.15) is 0 Å². The minimum atomic E-state index is -0.0755. The second-order valence-electron chi connectivity index (χ2n) is 4.38. The summed E-state index contributed by atoms with van der Waals surface area (Å²) in [5.41, 5.74) is 0.704. The van der Waals surface area contributed by atoms with E-state index in [9.17, 15) is 4.79 Å². The smallest absolute Gasteiger partial charge is 0.322 e. The molecule has 1 heterocycles. The molecule has 1 aromatic carbocycles. The third-order valence-corrected chi connectivity index (χ3v) is 3.11. The number of piperazine rings is 1. The Morgan fingerprint density at radius 2 is 2.28 bits per heavy atom. The van der Waals surface area contributed by atoms with Crippen molar-refractivity contribution >= 4 is 11.7 Å². The number of ether oxygens (including phenoxy) is 1. The Bertz CT molecular complexity index is 422. The van der Waals surface area contributed by atoms with Crippen molar-refractivity contribution in [1.29, 1.82) is 0 Å². The Labute approximate surface area is 107 Å². The first-order valence-corrected chi connectivity index (χ1v) is 6.13. The number of hydrogen-bond donors (Lipinski definition) is 2. The summed E-state index contributed by atoms with van der Waals surface area (Å²) in [6, 6.07) is 7.55. The number of rotatable bonds is 2. The molecule has 1 saturated heterocycles. The lowest BCUT2D eigenvalue weighted by Gasteiger charge is -2.34. The third kappa shape index (κ3) is 2.73. The Hall–Kier alpha value is -1.75. The summed E-state index contributed by atoms with van der Waals surface area (Å²) in [6.07, 6.45) is 0. The molecule has 1 aliphatic rings. The molecule has 18 heavy (non-hydrogen) atoms. The van der Waals surface area contributed by atoms with Gasteiger partial charge in [-0.3, -0.25) is 0 Å². The molecule has 1 aromatic rings. The van der Waals surface area contributed by atoms with Crippen LogP contribution in [0.1, 0.15) is 6.92 Å². The van der Waals surface area contributed by atoms with Crippen LogP contribution in [0.15, 0.2) is 24.3 Å². The molecule has 1 aliphatic heterocycles. The van der Waals surface area contributed by atoms with Gasteiger partial charge < -0.3 is 20.3 Å². The number of nitrogens with one attached hydrogen (secondary N) is 2. The van der Waals surface area contributed by atoms with Crippen LogP contribution in [-0.4, -0.2) is 43.7 Å². The number of hydrogen-bond acceptors (Lipinski definition) is 3. The zero-order valence-corrected chi connectivity index (χ0v) is 10.8. The van der Waals surface area contributed by atoms with E-state index in [1.165, 1.54) is 0 Å². The first-order valence-electron chi connectivity index (χ1n) is 6.13. The van der Waals surface area contributed by atoms with Crippen LogP contribution in [-0.2, 0) is 0 Å². The second-order valence-corrected chi connectivity index (χ2v) is 4.38. The lowest BCUT2D eigenvalue weighted by Crippen LogP contribution is -2.53. The highest BCUT2D eigenvalue weighted by atomic mass is 16.5. The van der Waals surface area contributed by atoms with E-state index in [1.807, 2.05) is 36.1 Å². The summed E-state index contributed by atoms with van der Waals surface area (Å²) in [4.78, 5) is 14.0. The number of carbonyl (C=O) groups excluding carboxylic acids is 1. The van der Waals surface area contributed by atoms with Crippen molar-refractivity contribution in [3.63, 3.8) is 0 Å². The van der Waals surface area contributed by atoms with Crippen molar-refractivity contribution in [3.05, 3.63) is 24.3 Å². The normalized spacial score (nSPS) is 19.4. The minimum absolute atomic E-state index is 0.0755. The maximum absolute atomic E-state index is 12.2. The van der Waals surface area contributed by atoms with Crippen molar-refractivity contribution in [2.75, 3.05) is 32.1 Å². The van der Waals surface area contributed by atoms with Crippen molar-refractivity contribution in [2.24, 2.45) is 0 Å². The quantitative estimate of drug-likeness (QED) is 0.835. The number of para-hydroxylation sites is 2. The molecular weight excluding hydrogens is 230 g/mol. The fraction of sp³-hybridized carbons (Fsp3) is 0.462. The zero-order chi connectivity index (χ0) is 13.0. The van der Waals surface area contributed by atoms with E-state index in [4.69, 9.17) is 4.74 Å². The van der Waals surface area contributed by atoms with E-state index in [0.29, 0.717) is 11.4 Å². The van der Waals surface area contributed by atoms with Crippen LogP contribution in [0.4, 0.5) is 10.5 Å². The van der Waals surface area contributed by atoms with Crippen molar-refractivity contribution in [2.45, 2.75) is 13.0 Å². The first kappa shape index (κ1) is 12.7. The maximum Gasteiger partial charge on any atom is 0.322 e. The first-order chi connectivity index (χ1) is 8.72. The van der Waals surface area contributed by atoms with E-state index >= 15 is 0 Å². The predicted molar refractivity (Wildman–Crippen MR) is 71.1 cm³/mol. The van der Waals surface area contributed by atoms with Crippen LogP contribution in [0.25, 0.3) is 0 Å². The van der Waals surface area contributed by atoms with E-state index in [-0.39, 0.29) is 12.1 Å². The highest BCUT2D eigenvalue weighted by Crippen LogP contribution is 2.23. The van der Waals surface area contributed by atoms with Gasteiger partial charge in [0.1, 0.15) is 5.75 Å². The monoisotopic (exact) mass is 249 g/mol. The van der Waals surface area contributed by atoms with Gasteiger partial charge in [-0.25, -0.2) is 4.79 Å². The van der Waals surface area contributed by atoms with Crippen LogP contribution in [0.2, 0.25) is 0 Å². The van der Waals surface area contributed by atoms with Gasteiger partial charge in [0.2, 0.25) is 0 Å². The topological polar surface area (TPSA) is 53.6 Å². The number of carbonyl (C=O) groups is 1. The summed E-state index contributed by atoms with van der Waals surface area (Å²) in [5.74, 6) is 0.675. The minimum Gasteiger partial charge on any atom is -0.495 e. The second kappa shape index (κ2) is 5.73. The van der Waals surface area contributed by atoms with Crippen LogP contribution < -0.4 is 15.4 Å². The molecule has 0 aromatic heterocycles. The van der Waals surface area contributed by atoms with Gasteiger partial charge in [-0.1, -0.05) is 12.1 Å². The molecule has 5 nitrogen and oxygen atoms in total. The number of amides is 2. The summed E-state index contributed by atoms with van der Waals surface area (Å²) in [6.45, 7) is 4.43. The Kier molecular flexibility index (Phi) is 4.04. The molecule has 2 N–H and O–H groups in total. The molecule has 2 rings (SSSR count). The molecule has 1 atom stereocenters. The largest absolute Gasteiger partial charge is 0.495 e. The van der Waals surface area contributed by atoms with Gasteiger partial charge in [0.25, 0.3) is 0 Å². The van der Waals surface area contributed by atoms with E-state index < -0.39 is 0 Å². The molecule has 0 unspecified atom stereocenters. The standard InChI is InChI=1S/C13H19N3O2/c1-10-9-14-7-8-16(10)13(17)15-11-5-3-4-6-12(11)18-2/h3-6,10,14H,7-9H2,1-2H3,(H,15,17)/t10-/m1/s1. The van der Waals surface area contributed by atoms with Crippen LogP contribution in [0, 0.1) is 0 Å². The van der Waals surface area contributed by atoms with Gasteiger partial charge in [0.15, 0.2) is 0 Å². The van der Waals surface area contributed by atoms with Crippen LogP contribution in [0.3, 0.4) is 0 Å². The zero-order valence-electron chi connectivity index (χ0n) is 10.8. The number of anilines is 1. The summed E-state index contributed by atoms with van der Waals surface area (Å²) < 4.78 is 5.21. The van der Waals surface area contributed by atoms with Crippen molar-refractivity contribution in [1.82, 2.24) is 10.2 Å². The van der Waals surface area contributed by atoms with Gasteiger partial charge in [-0.05, 0) is 19.1 Å². The third-order valence-electron chi connectivity index (χ3n) is 3.11. The van der Waals surface area contributed by atoms with Crippen LogP contribution in [0.5, 0.6) is 5.75 Å². The summed E-state index contributed by atoms with van der Waals surface area (Å²) >= 11 is 0. The van der Waals surface area contributed by atoms with Gasteiger partial charge >= 0.3 is 6.03 Å². The lowest BCUT2D eigenvalue weighted by atomic mass is 10.2. The number of nitrogens with zero attached hydrogens (tertiary/aromatic N) is 1. The molecule has 0 radical (unpaired) electrons. The molecule has 0 saturated carbocycles. The molecular formula is C13H19N3O2. The summed E-state index contributed by atoms with van der Waals surface area (Å²) in [5, 5.41) is 6.16. The fourth-order valence-electron chi connectivity index (χ4n) is 2.08. The number of urea groups is 1. The molecule has 0 aliphatic carbocycles.